The van der Waals surface area contributed by atoms with Gasteiger partial charge in [-0.15, -0.1) is 11.3 Å². The molecule has 0 radical (unpaired) electrons. The molecule has 0 saturated carbocycles. The molecule has 0 unspecified atom stereocenters. The molecule has 5 nitrogen and oxygen atoms in total. The van der Waals surface area contributed by atoms with Crippen molar-refractivity contribution in [3.63, 3.8) is 0 Å². The first-order valence-corrected chi connectivity index (χ1v) is 12.2. The van der Waals surface area contributed by atoms with Gasteiger partial charge in [0.15, 0.2) is 0 Å². The van der Waals surface area contributed by atoms with Crippen molar-refractivity contribution in [2.75, 3.05) is 11.9 Å². The van der Waals surface area contributed by atoms with Crippen LogP contribution in [0.15, 0.2) is 51.6 Å². The van der Waals surface area contributed by atoms with E-state index >= 15 is 0 Å². The number of anilines is 1. The number of thiophene rings is 1. The van der Waals surface area contributed by atoms with Crippen LogP contribution in [0.4, 0.5) is 5.69 Å². The van der Waals surface area contributed by atoms with Crippen LogP contribution >= 0.6 is 27.3 Å². The van der Waals surface area contributed by atoms with E-state index in [0.29, 0.717) is 18.0 Å². The number of imide groups is 1. The van der Waals surface area contributed by atoms with Crippen molar-refractivity contribution in [1.29, 1.82) is 0 Å². The van der Waals surface area contributed by atoms with Gasteiger partial charge in [0.1, 0.15) is 0 Å². The zero-order chi connectivity index (χ0) is 21.9. The first kappa shape index (κ1) is 20.5. The minimum Gasteiger partial charge on any atom is -0.356 e. The van der Waals surface area contributed by atoms with Crippen LogP contribution in [0.25, 0.3) is 10.9 Å². The maximum Gasteiger partial charge on any atom is 0.259 e. The Morgan fingerprint density at radius 1 is 1.29 bits per heavy atom. The number of nitrogens with zero attached hydrogens (tertiary/aromatic N) is 2. The molecule has 7 heteroatoms. The van der Waals surface area contributed by atoms with E-state index in [9.17, 15) is 9.59 Å². The number of amides is 2. The summed E-state index contributed by atoms with van der Waals surface area (Å²) in [7, 11) is 0. The predicted octanol–water partition coefficient (Wildman–Crippen LogP) is 5.71. The monoisotopic (exact) mass is 497 g/mol. The molecule has 2 aliphatic rings. The van der Waals surface area contributed by atoms with Crippen molar-refractivity contribution in [3.05, 3.63) is 62.0 Å². The van der Waals surface area contributed by atoms with Gasteiger partial charge in [-0.05, 0) is 58.1 Å². The van der Waals surface area contributed by atoms with E-state index in [-0.39, 0.29) is 17.7 Å². The number of aromatic nitrogens is 1. The molecule has 0 aliphatic carbocycles. The Balaban J connectivity index is 1.74. The van der Waals surface area contributed by atoms with Gasteiger partial charge in [0.05, 0.1) is 27.3 Å². The second-order valence-electron chi connectivity index (χ2n) is 8.66. The van der Waals surface area contributed by atoms with Gasteiger partial charge in [-0.2, -0.15) is 0 Å². The summed E-state index contributed by atoms with van der Waals surface area (Å²) in [5.41, 5.74) is 4.81. The molecule has 1 atom stereocenters. The van der Waals surface area contributed by atoms with E-state index in [4.69, 9.17) is 0 Å². The van der Waals surface area contributed by atoms with Gasteiger partial charge in [-0.1, -0.05) is 19.9 Å². The Hall–Kier alpha value is -2.38. The molecule has 0 bridgehead atoms. The van der Waals surface area contributed by atoms with Crippen molar-refractivity contribution in [3.8, 4) is 0 Å². The van der Waals surface area contributed by atoms with Gasteiger partial charge in [-0.25, -0.2) is 0 Å². The SMILES string of the molecule is CC(=O)N1CC2=C(C1=O)[C@H](c1ccc(Br)s1)c1cn(CCC(C)C)c3cccc(c13)N2. The average Bonchev–Trinajstić information content (AvgIpc) is 3.36. The normalized spacial score (nSPS) is 18.0. The Bertz CT molecular complexity index is 1250. The molecule has 2 aromatic heterocycles. The molecule has 160 valence electrons. The van der Waals surface area contributed by atoms with Gasteiger partial charge in [0.25, 0.3) is 5.91 Å². The van der Waals surface area contributed by atoms with Crippen LogP contribution in [0.3, 0.4) is 0 Å². The molecule has 2 aliphatic heterocycles. The second-order valence-corrected chi connectivity index (χ2v) is 11.2. The Morgan fingerprint density at radius 2 is 2.10 bits per heavy atom. The van der Waals surface area contributed by atoms with E-state index in [1.807, 2.05) is 6.07 Å². The fourth-order valence-electron chi connectivity index (χ4n) is 4.64. The zero-order valence-corrected chi connectivity index (χ0v) is 20.1. The average molecular weight is 498 g/mol. The number of halogens is 1. The number of hydrogen-bond donors (Lipinski definition) is 1. The first-order chi connectivity index (χ1) is 14.8. The summed E-state index contributed by atoms with van der Waals surface area (Å²) in [5.74, 6) is -0.0181. The minimum absolute atomic E-state index is 0.194. The van der Waals surface area contributed by atoms with E-state index in [1.54, 1.807) is 11.3 Å². The highest BCUT2D eigenvalue weighted by Crippen LogP contribution is 2.48. The van der Waals surface area contributed by atoms with Gasteiger partial charge < -0.3 is 9.88 Å². The third-order valence-corrected chi connectivity index (χ3v) is 7.83. The molecule has 1 aromatic carbocycles. The lowest BCUT2D eigenvalue weighted by atomic mass is 9.89. The minimum atomic E-state index is -0.223. The molecule has 1 N–H and O–H groups in total. The third kappa shape index (κ3) is 3.34. The lowest BCUT2D eigenvalue weighted by Gasteiger charge is -2.18. The number of carbonyl (C=O) groups is 2. The smallest absolute Gasteiger partial charge is 0.259 e. The van der Waals surface area contributed by atoms with Crippen LogP contribution in [0.2, 0.25) is 0 Å². The van der Waals surface area contributed by atoms with E-state index in [0.717, 1.165) is 44.0 Å². The van der Waals surface area contributed by atoms with Gasteiger partial charge in [0.2, 0.25) is 5.91 Å². The molecular formula is C24H24BrN3O2S. The lowest BCUT2D eigenvalue weighted by molar-refractivity contribution is -0.139. The fourth-order valence-corrected chi connectivity index (χ4v) is 6.19. The van der Waals surface area contributed by atoms with Crippen LogP contribution < -0.4 is 5.32 Å². The van der Waals surface area contributed by atoms with Crippen LogP contribution in [0, 0.1) is 5.92 Å². The zero-order valence-electron chi connectivity index (χ0n) is 17.7. The van der Waals surface area contributed by atoms with Crippen LogP contribution in [0.5, 0.6) is 0 Å². The van der Waals surface area contributed by atoms with Gasteiger partial charge in [0, 0.05) is 41.3 Å². The second kappa shape index (κ2) is 7.64. The molecule has 4 heterocycles. The fraction of sp³-hybridized carbons (Fsp3) is 0.333. The van der Waals surface area contributed by atoms with Crippen LogP contribution in [-0.4, -0.2) is 27.8 Å². The standard InChI is InChI=1S/C24H24BrN3O2S/c1-13(2)9-10-27-11-15-21-16(5-4-6-18(21)27)26-17-12-28(14(3)29)24(30)23(17)22(15)19-7-8-20(25)31-19/h4-8,11,13,22,26H,9-10,12H2,1-3H3/t22-/m0/s1. The molecule has 31 heavy (non-hydrogen) atoms. The van der Waals surface area contributed by atoms with Crippen molar-refractivity contribution in [2.45, 2.75) is 39.7 Å². The summed E-state index contributed by atoms with van der Waals surface area (Å²) in [6.45, 7) is 7.15. The molecule has 0 fully saturated rings. The summed E-state index contributed by atoms with van der Waals surface area (Å²) in [4.78, 5) is 28.0. The van der Waals surface area contributed by atoms with Gasteiger partial charge >= 0.3 is 0 Å². The van der Waals surface area contributed by atoms with Crippen molar-refractivity contribution in [1.82, 2.24) is 9.47 Å². The number of nitrogens with one attached hydrogen (secondary N) is 1. The molecule has 2 amide bonds. The summed E-state index contributed by atoms with van der Waals surface area (Å²) in [6, 6.07) is 10.4. The Kier molecular flexibility index (Phi) is 5.06. The first-order valence-electron chi connectivity index (χ1n) is 10.5. The van der Waals surface area contributed by atoms with E-state index in [1.165, 1.54) is 17.3 Å². The maximum atomic E-state index is 13.4. The van der Waals surface area contributed by atoms with Crippen LogP contribution in [-0.2, 0) is 16.1 Å². The van der Waals surface area contributed by atoms with Crippen molar-refractivity contribution in [2.24, 2.45) is 5.92 Å². The number of hydrogen-bond acceptors (Lipinski definition) is 4. The summed E-state index contributed by atoms with van der Waals surface area (Å²) >= 11 is 5.23. The van der Waals surface area contributed by atoms with Crippen molar-refractivity contribution >= 4 is 55.7 Å². The maximum absolute atomic E-state index is 13.4. The summed E-state index contributed by atoms with van der Waals surface area (Å²) in [5, 5.41) is 4.69. The molecule has 5 rings (SSSR count). The number of benzene rings is 1. The highest BCUT2D eigenvalue weighted by atomic mass is 79.9. The Morgan fingerprint density at radius 3 is 2.77 bits per heavy atom. The van der Waals surface area contributed by atoms with E-state index < -0.39 is 0 Å². The molecule has 3 aromatic rings. The number of carbonyl (C=O) groups excluding carboxylic acids is 2. The largest absolute Gasteiger partial charge is 0.356 e. The quantitative estimate of drug-likeness (QED) is 0.501. The van der Waals surface area contributed by atoms with Crippen LogP contribution in [0.1, 0.15) is 43.6 Å². The summed E-state index contributed by atoms with van der Waals surface area (Å²) < 4.78 is 3.35. The summed E-state index contributed by atoms with van der Waals surface area (Å²) in [6.07, 6.45) is 3.30. The lowest BCUT2D eigenvalue weighted by Crippen LogP contribution is -2.33. The number of rotatable bonds is 4. The van der Waals surface area contributed by atoms with E-state index in [2.05, 4.69) is 70.1 Å². The molecule has 0 spiro atoms. The number of aryl methyl sites for hydroxylation is 1. The van der Waals surface area contributed by atoms with Gasteiger partial charge in [-0.3, -0.25) is 14.5 Å². The molecule has 0 saturated heterocycles. The topological polar surface area (TPSA) is 54.3 Å². The highest BCUT2D eigenvalue weighted by molar-refractivity contribution is 9.11. The molecular weight excluding hydrogens is 474 g/mol. The van der Waals surface area contributed by atoms with Crippen molar-refractivity contribution < 1.29 is 9.59 Å². The highest BCUT2D eigenvalue weighted by Gasteiger charge is 2.42. The third-order valence-electron chi connectivity index (χ3n) is 6.14. The Labute approximate surface area is 193 Å². The predicted molar refractivity (Wildman–Crippen MR) is 128 cm³/mol.